The zero-order chi connectivity index (χ0) is 13.2. The molecule has 0 radical (unpaired) electrons. The van der Waals surface area contributed by atoms with Crippen LogP contribution in [-0.4, -0.2) is 16.3 Å². The molecule has 2 heterocycles. The van der Waals surface area contributed by atoms with Crippen molar-refractivity contribution in [2.75, 3.05) is 11.9 Å². The molecular formula is C16H21N3. The number of aryl methyl sites for hydroxylation is 2. The Hall–Kier alpha value is -1.77. The van der Waals surface area contributed by atoms with Gasteiger partial charge in [0.15, 0.2) is 0 Å². The molecule has 1 aliphatic rings. The van der Waals surface area contributed by atoms with E-state index < -0.39 is 0 Å². The van der Waals surface area contributed by atoms with E-state index in [0.29, 0.717) is 6.04 Å². The van der Waals surface area contributed by atoms with Gasteiger partial charge in [-0.25, -0.2) is 4.68 Å². The molecule has 0 bridgehead atoms. The van der Waals surface area contributed by atoms with E-state index in [1.807, 2.05) is 6.20 Å². The Morgan fingerprint density at radius 1 is 1.21 bits per heavy atom. The van der Waals surface area contributed by atoms with Crippen LogP contribution in [0, 0.1) is 0 Å². The predicted octanol–water partition coefficient (Wildman–Crippen LogP) is 3.41. The van der Waals surface area contributed by atoms with E-state index in [0.717, 1.165) is 25.8 Å². The summed E-state index contributed by atoms with van der Waals surface area (Å²) >= 11 is 0. The van der Waals surface area contributed by atoms with E-state index in [1.54, 1.807) is 0 Å². The summed E-state index contributed by atoms with van der Waals surface area (Å²) in [6.45, 7) is 5.40. The molecule has 3 nitrogen and oxygen atoms in total. The maximum absolute atomic E-state index is 4.58. The second-order valence-electron chi connectivity index (χ2n) is 5.14. The second-order valence-corrected chi connectivity index (χ2v) is 5.14. The van der Waals surface area contributed by atoms with Gasteiger partial charge in [-0.1, -0.05) is 38.1 Å². The molecule has 1 aliphatic heterocycles. The third kappa shape index (κ3) is 2.14. The molecule has 0 amide bonds. The van der Waals surface area contributed by atoms with E-state index >= 15 is 0 Å². The molecule has 0 saturated carbocycles. The summed E-state index contributed by atoms with van der Waals surface area (Å²) in [5.74, 6) is 1.21. The first kappa shape index (κ1) is 12.3. The summed E-state index contributed by atoms with van der Waals surface area (Å²) in [6, 6.07) is 9.36. The molecule has 100 valence electrons. The molecule has 3 rings (SSSR count). The lowest BCUT2D eigenvalue weighted by molar-refractivity contribution is 0.481. The first-order valence-electron chi connectivity index (χ1n) is 7.22. The lowest BCUT2D eigenvalue weighted by Gasteiger charge is -2.27. The van der Waals surface area contributed by atoms with Gasteiger partial charge in [-0.15, -0.1) is 0 Å². The highest BCUT2D eigenvalue weighted by Gasteiger charge is 2.23. The molecular weight excluding hydrogens is 234 g/mol. The summed E-state index contributed by atoms with van der Waals surface area (Å²) in [5, 5.41) is 8.07. The molecule has 19 heavy (non-hydrogen) atoms. The van der Waals surface area contributed by atoms with Crippen LogP contribution in [0.1, 0.15) is 43.0 Å². The topological polar surface area (TPSA) is 29.9 Å². The van der Waals surface area contributed by atoms with Gasteiger partial charge in [0.2, 0.25) is 0 Å². The fourth-order valence-electron chi connectivity index (χ4n) is 2.82. The third-order valence-corrected chi connectivity index (χ3v) is 4.03. The van der Waals surface area contributed by atoms with E-state index in [4.69, 9.17) is 0 Å². The van der Waals surface area contributed by atoms with Gasteiger partial charge in [0.25, 0.3) is 0 Å². The average Bonchev–Trinajstić information content (AvgIpc) is 2.90. The summed E-state index contributed by atoms with van der Waals surface area (Å²) in [6.07, 6.45) is 5.23. The number of nitrogens with zero attached hydrogens (tertiary/aromatic N) is 2. The number of rotatable bonds is 3. The zero-order valence-corrected chi connectivity index (χ0v) is 11.7. The van der Waals surface area contributed by atoms with Crippen molar-refractivity contribution in [2.24, 2.45) is 0 Å². The smallest absolute Gasteiger partial charge is 0.128 e. The highest BCUT2D eigenvalue weighted by molar-refractivity contribution is 5.47. The van der Waals surface area contributed by atoms with Crippen LogP contribution in [0.25, 0.3) is 0 Å². The minimum atomic E-state index is 0.377. The van der Waals surface area contributed by atoms with Gasteiger partial charge in [-0.2, -0.15) is 5.10 Å². The Morgan fingerprint density at radius 3 is 2.68 bits per heavy atom. The number of fused-ring (bicyclic) bond motifs is 1. The Labute approximate surface area is 114 Å². The van der Waals surface area contributed by atoms with Gasteiger partial charge >= 0.3 is 0 Å². The van der Waals surface area contributed by atoms with Crippen molar-refractivity contribution in [2.45, 2.75) is 39.2 Å². The SMILES string of the molecule is CCc1ccc(C2CCNc3c(CC)cnn32)cc1. The fourth-order valence-corrected chi connectivity index (χ4v) is 2.82. The van der Waals surface area contributed by atoms with Crippen LogP contribution in [0.5, 0.6) is 0 Å². The standard InChI is InChI=1S/C16H21N3/c1-3-12-5-7-14(8-6-12)15-9-10-17-16-13(4-2)11-18-19(15)16/h5-8,11,15,17H,3-4,9-10H2,1-2H3. The van der Waals surface area contributed by atoms with Crippen molar-refractivity contribution in [1.82, 2.24) is 9.78 Å². The molecule has 3 heteroatoms. The monoisotopic (exact) mass is 255 g/mol. The van der Waals surface area contributed by atoms with Crippen LogP contribution in [0.2, 0.25) is 0 Å². The quantitative estimate of drug-likeness (QED) is 0.910. The van der Waals surface area contributed by atoms with Crippen LogP contribution in [0.3, 0.4) is 0 Å². The molecule has 0 fully saturated rings. The second kappa shape index (κ2) is 5.08. The number of aromatic nitrogens is 2. The molecule has 2 aromatic rings. The highest BCUT2D eigenvalue weighted by atomic mass is 15.4. The number of hydrogen-bond donors (Lipinski definition) is 1. The predicted molar refractivity (Wildman–Crippen MR) is 78.7 cm³/mol. The van der Waals surface area contributed by atoms with Crippen LogP contribution < -0.4 is 5.32 Å². The van der Waals surface area contributed by atoms with Crippen LogP contribution in [0.15, 0.2) is 30.5 Å². The molecule has 0 saturated heterocycles. The number of anilines is 1. The van der Waals surface area contributed by atoms with E-state index in [-0.39, 0.29) is 0 Å². The van der Waals surface area contributed by atoms with E-state index in [9.17, 15) is 0 Å². The Balaban J connectivity index is 1.96. The van der Waals surface area contributed by atoms with Crippen LogP contribution in [0.4, 0.5) is 5.82 Å². The lowest BCUT2D eigenvalue weighted by Crippen LogP contribution is -2.24. The van der Waals surface area contributed by atoms with Crippen molar-refractivity contribution >= 4 is 5.82 Å². The van der Waals surface area contributed by atoms with Gasteiger partial charge < -0.3 is 5.32 Å². The van der Waals surface area contributed by atoms with Crippen molar-refractivity contribution in [3.05, 3.63) is 47.2 Å². The maximum atomic E-state index is 4.58. The Kier molecular flexibility index (Phi) is 3.28. The fraction of sp³-hybridized carbons (Fsp3) is 0.438. The first-order chi connectivity index (χ1) is 9.33. The molecule has 0 aliphatic carbocycles. The van der Waals surface area contributed by atoms with Crippen LogP contribution >= 0.6 is 0 Å². The summed E-state index contributed by atoms with van der Waals surface area (Å²) in [5.41, 5.74) is 4.08. The number of hydrogen-bond acceptors (Lipinski definition) is 2. The molecule has 1 atom stereocenters. The van der Waals surface area contributed by atoms with Crippen molar-refractivity contribution < 1.29 is 0 Å². The lowest BCUT2D eigenvalue weighted by atomic mass is 10.00. The van der Waals surface area contributed by atoms with Crippen LogP contribution in [-0.2, 0) is 12.8 Å². The van der Waals surface area contributed by atoms with E-state index in [2.05, 4.69) is 53.2 Å². The summed E-state index contributed by atoms with van der Waals surface area (Å²) in [7, 11) is 0. The minimum Gasteiger partial charge on any atom is -0.370 e. The largest absolute Gasteiger partial charge is 0.370 e. The van der Waals surface area contributed by atoms with Gasteiger partial charge in [-0.05, 0) is 30.4 Å². The maximum Gasteiger partial charge on any atom is 0.128 e. The summed E-state index contributed by atoms with van der Waals surface area (Å²) < 4.78 is 2.16. The molecule has 1 unspecified atom stereocenters. The first-order valence-corrected chi connectivity index (χ1v) is 7.22. The number of benzene rings is 1. The van der Waals surface area contributed by atoms with Gasteiger partial charge in [-0.3, -0.25) is 0 Å². The molecule has 1 N–H and O–H groups in total. The molecule has 0 spiro atoms. The van der Waals surface area contributed by atoms with Crippen molar-refractivity contribution in [3.63, 3.8) is 0 Å². The zero-order valence-electron chi connectivity index (χ0n) is 11.7. The van der Waals surface area contributed by atoms with Gasteiger partial charge in [0.05, 0.1) is 12.2 Å². The normalized spacial score (nSPS) is 17.9. The molecule has 1 aromatic carbocycles. The highest BCUT2D eigenvalue weighted by Crippen LogP contribution is 2.31. The Bertz CT molecular complexity index is 554. The third-order valence-electron chi connectivity index (χ3n) is 4.03. The van der Waals surface area contributed by atoms with Gasteiger partial charge in [0, 0.05) is 12.1 Å². The van der Waals surface area contributed by atoms with Crippen molar-refractivity contribution in [3.8, 4) is 0 Å². The summed E-state index contributed by atoms with van der Waals surface area (Å²) in [4.78, 5) is 0. The van der Waals surface area contributed by atoms with Crippen molar-refractivity contribution in [1.29, 1.82) is 0 Å². The average molecular weight is 255 g/mol. The number of nitrogens with one attached hydrogen (secondary N) is 1. The van der Waals surface area contributed by atoms with E-state index in [1.165, 1.54) is 22.5 Å². The molecule has 1 aromatic heterocycles. The minimum absolute atomic E-state index is 0.377. The van der Waals surface area contributed by atoms with Gasteiger partial charge in [0.1, 0.15) is 5.82 Å². The Morgan fingerprint density at radius 2 is 2.00 bits per heavy atom.